The molecule has 0 spiro atoms. The Bertz CT molecular complexity index is 996. The van der Waals surface area contributed by atoms with Crippen molar-refractivity contribution in [1.82, 2.24) is 4.31 Å². The van der Waals surface area contributed by atoms with Crippen molar-refractivity contribution in [1.29, 1.82) is 0 Å². The van der Waals surface area contributed by atoms with Crippen molar-refractivity contribution in [2.45, 2.75) is 4.90 Å². The van der Waals surface area contributed by atoms with Crippen LogP contribution >= 0.6 is 0 Å². The molecule has 0 saturated carbocycles. The maximum absolute atomic E-state index is 13.1. The second kappa shape index (κ2) is 9.21. The summed E-state index contributed by atoms with van der Waals surface area (Å²) in [5.41, 5.74) is 1.54. The van der Waals surface area contributed by atoms with E-state index in [0.717, 1.165) is 11.4 Å². The van der Waals surface area contributed by atoms with Gasteiger partial charge in [-0.2, -0.15) is 4.31 Å². The summed E-state index contributed by atoms with van der Waals surface area (Å²) in [5, 5.41) is 8.79. The monoisotopic (exact) mass is 416 g/mol. The summed E-state index contributed by atoms with van der Waals surface area (Å²) in [6.45, 7) is 1.27. The van der Waals surface area contributed by atoms with E-state index in [4.69, 9.17) is 9.84 Å². The molecular formula is C21H24N2O5S. The molecule has 0 atom stereocenters. The quantitative estimate of drug-likeness (QED) is 0.693. The fraction of sp³-hybridized carbons (Fsp3) is 0.286. The number of para-hydroxylation sites is 2. The number of piperazine rings is 1. The average molecular weight is 416 g/mol. The smallest absolute Gasteiger partial charge is 0.243 e. The molecule has 154 valence electrons. The van der Waals surface area contributed by atoms with Crippen LogP contribution in [0.4, 0.5) is 5.69 Å². The molecule has 3 rings (SSSR count). The van der Waals surface area contributed by atoms with E-state index < -0.39 is 22.4 Å². The van der Waals surface area contributed by atoms with Gasteiger partial charge in [0.15, 0.2) is 5.78 Å². The number of hydrogen-bond acceptors (Lipinski definition) is 6. The van der Waals surface area contributed by atoms with Crippen LogP contribution in [0.15, 0.2) is 59.5 Å². The van der Waals surface area contributed by atoms with E-state index in [-0.39, 0.29) is 4.90 Å². The Morgan fingerprint density at radius 2 is 1.83 bits per heavy atom. The molecule has 1 heterocycles. The number of ketones is 1. The second-order valence-corrected chi connectivity index (χ2v) is 8.53. The van der Waals surface area contributed by atoms with Gasteiger partial charge in [-0.3, -0.25) is 4.79 Å². The van der Waals surface area contributed by atoms with E-state index in [9.17, 15) is 13.2 Å². The number of aliphatic hydroxyl groups excluding tert-OH is 1. The van der Waals surface area contributed by atoms with Crippen LogP contribution in [-0.4, -0.2) is 63.5 Å². The summed E-state index contributed by atoms with van der Waals surface area (Å²) >= 11 is 0. The number of carbonyl (C=O) groups excluding carboxylic acids is 1. The molecule has 1 saturated heterocycles. The third-order valence-electron chi connectivity index (χ3n) is 4.78. The van der Waals surface area contributed by atoms with Crippen molar-refractivity contribution in [3.05, 3.63) is 60.2 Å². The summed E-state index contributed by atoms with van der Waals surface area (Å²) in [5.74, 6) is 0.325. The van der Waals surface area contributed by atoms with Crippen molar-refractivity contribution in [2.24, 2.45) is 0 Å². The summed E-state index contributed by atoms with van der Waals surface area (Å²) in [7, 11) is -2.02. The van der Waals surface area contributed by atoms with Crippen molar-refractivity contribution in [2.75, 3.05) is 44.8 Å². The molecule has 2 aromatic rings. The van der Waals surface area contributed by atoms with E-state index in [2.05, 4.69) is 4.90 Å². The number of rotatable bonds is 7. The fourth-order valence-electron chi connectivity index (χ4n) is 3.23. The van der Waals surface area contributed by atoms with Crippen LogP contribution in [-0.2, 0) is 14.8 Å². The third-order valence-corrected chi connectivity index (χ3v) is 6.67. The molecule has 8 heteroatoms. The molecule has 0 amide bonds. The first-order chi connectivity index (χ1) is 14.0. The van der Waals surface area contributed by atoms with E-state index in [0.29, 0.717) is 31.7 Å². The number of anilines is 1. The maximum atomic E-state index is 13.1. The lowest BCUT2D eigenvalue weighted by atomic mass is 10.2. The molecule has 0 radical (unpaired) electrons. The van der Waals surface area contributed by atoms with E-state index >= 15 is 0 Å². The van der Waals surface area contributed by atoms with Gasteiger partial charge >= 0.3 is 0 Å². The third kappa shape index (κ3) is 4.84. The van der Waals surface area contributed by atoms with Crippen molar-refractivity contribution >= 4 is 27.6 Å². The van der Waals surface area contributed by atoms with E-state index in [1.165, 1.54) is 22.5 Å². The van der Waals surface area contributed by atoms with Crippen LogP contribution in [0.5, 0.6) is 5.75 Å². The van der Waals surface area contributed by atoms with Crippen LogP contribution in [0, 0.1) is 0 Å². The van der Waals surface area contributed by atoms with E-state index in [1.54, 1.807) is 25.3 Å². The number of hydrogen-bond donors (Lipinski definition) is 1. The molecule has 1 fully saturated rings. The highest BCUT2D eigenvalue weighted by Gasteiger charge is 2.29. The molecular weight excluding hydrogens is 392 g/mol. The van der Waals surface area contributed by atoms with Gasteiger partial charge in [0.1, 0.15) is 12.4 Å². The zero-order chi connectivity index (χ0) is 20.9. The number of methoxy groups -OCH3 is 1. The van der Waals surface area contributed by atoms with Gasteiger partial charge in [0.2, 0.25) is 10.0 Å². The highest BCUT2D eigenvalue weighted by atomic mass is 32.2. The highest BCUT2D eigenvalue weighted by molar-refractivity contribution is 7.89. The fourth-order valence-corrected chi connectivity index (χ4v) is 4.71. The van der Waals surface area contributed by atoms with Gasteiger partial charge < -0.3 is 14.7 Å². The zero-order valence-electron chi connectivity index (χ0n) is 16.2. The molecule has 0 aromatic heterocycles. The van der Waals surface area contributed by atoms with Gasteiger partial charge in [-0.05, 0) is 35.9 Å². The Morgan fingerprint density at radius 3 is 2.52 bits per heavy atom. The predicted octanol–water partition coefficient (Wildman–Crippen LogP) is 1.78. The lowest BCUT2D eigenvalue weighted by Gasteiger charge is -2.36. The molecule has 0 unspecified atom stereocenters. The molecule has 2 aromatic carbocycles. The first-order valence-corrected chi connectivity index (χ1v) is 10.7. The number of benzene rings is 2. The predicted molar refractivity (Wildman–Crippen MR) is 112 cm³/mol. The lowest BCUT2D eigenvalue weighted by molar-refractivity contribution is -0.117. The molecule has 1 aliphatic heterocycles. The molecule has 1 N–H and O–H groups in total. The highest BCUT2D eigenvalue weighted by Crippen LogP contribution is 2.29. The Labute approximate surface area is 170 Å². The minimum absolute atomic E-state index is 0.182. The molecule has 7 nitrogen and oxygen atoms in total. The maximum Gasteiger partial charge on any atom is 0.243 e. The standard InChI is InChI=1S/C21H24N2O5S/c1-28-21-8-3-2-7-20(21)22-11-13-23(14-12-22)29(26,27)19-6-4-5-17(15-19)9-10-18(25)16-24/h2-10,15,24H,11-14,16H2,1H3/b10-9+. The zero-order valence-corrected chi connectivity index (χ0v) is 17.0. The summed E-state index contributed by atoms with van der Waals surface area (Å²) in [6.07, 6.45) is 2.73. The van der Waals surface area contributed by atoms with Gasteiger partial charge in [0.05, 0.1) is 17.7 Å². The van der Waals surface area contributed by atoms with Gasteiger partial charge in [-0.15, -0.1) is 0 Å². The van der Waals surface area contributed by atoms with Gasteiger partial charge in [-0.25, -0.2) is 8.42 Å². The minimum Gasteiger partial charge on any atom is -0.495 e. The average Bonchev–Trinajstić information content (AvgIpc) is 2.77. The normalized spacial score (nSPS) is 15.6. The Morgan fingerprint density at radius 1 is 1.10 bits per heavy atom. The van der Waals surface area contributed by atoms with Crippen LogP contribution in [0.3, 0.4) is 0 Å². The Kier molecular flexibility index (Phi) is 6.68. The number of carbonyl (C=O) groups is 1. The van der Waals surface area contributed by atoms with Gasteiger partial charge in [0.25, 0.3) is 0 Å². The van der Waals surface area contributed by atoms with Crippen molar-refractivity contribution < 1.29 is 23.1 Å². The summed E-state index contributed by atoms with van der Waals surface area (Å²) < 4.78 is 33.0. The molecule has 0 aliphatic carbocycles. The van der Waals surface area contributed by atoms with Crippen molar-refractivity contribution in [3.63, 3.8) is 0 Å². The minimum atomic E-state index is -3.64. The van der Waals surface area contributed by atoms with Crippen molar-refractivity contribution in [3.8, 4) is 5.75 Å². The Balaban J connectivity index is 1.73. The first-order valence-electron chi connectivity index (χ1n) is 9.25. The van der Waals surface area contributed by atoms with Gasteiger partial charge in [0, 0.05) is 26.2 Å². The number of ether oxygens (including phenoxy) is 1. The second-order valence-electron chi connectivity index (χ2n) is 6.59. The topological polar surface area (TPSA) is 87.2 Å². The molecule has 1 aliphatic rings. The summed E-state index contributed by atoms with van der Waals surface area (Å²) in [4.78, 5) is 13.5. The first kappa shape index (κ1) is 21.0. The van der Waals surface area contributed by atoms with Crippen LogP contribution in [0.25, 0.3) is 6.08 Å². The van der Waals surface area contributed by atoms with Crippen LogP contribution in [0.1, 0.15) is 5.56 Å². The van der Waals surface area contributed by atoms with Crippen LogP contribution < -0.4 is 9.64 Å². The lowest BCUT2D eigenvalue weighted by Crippen LogP contribution is -2.48. The SMILES string of the molecule is COc1ccccc1N1CCN(S(=O)(=O)c2cccc(/C=C/C(=O)CO)c2)CC1. The number of sulfonamides is 1. The molecule has 29 heavy (non-hydrogen) atoms. The van der Waals surface area contributed by atoms with Crippen LogP contribution in [0.2, 0.25) is 0 Å². The van der Waals surface area contributed by atoms with E-state index in [1.807, 2.05) is 24.3 Å². The molecule has 0 bridgehead atoms. The van der Waals surface area contributed by atoms with Gasteiger partial charge in [-0.1, -0.05) is 30.3 Å². The Hall–Kier alpha value is -2.68. The number of nitrogens with zero attached hydrogens (tertiary/aromatic N) is 2. The number of aliphatic hydroxyl groups is 1. The summed E-state index contributed by atoms with van der Waals surface area (Å²) in [6, 6.07) is 14.1. The largest absolute Gasteiger partial charge is 0.495 e.